The topological polar surface area (TPSA) is 67.5 Å². The number of hydroxylamine groups is 2. The van der Waals surface area contributed by atoms with E-state index in [-0.39, 0.29) is 18.0 Å². The third-order valence-corrected chi connectivity index (χ3v) is 2.19. The molecule has 0 saturated carbocycles. The van der Waals surface area contributed by atoms with Crippen molar-refractivity contribution in [2.45, 2.75) is 6.54 Å². The maximum absolute atomic E-state index is 9.42. The number of allylic oxidation sites excluding steroid dienone is 1. The summed E-state index contributed by atoms with van der Waals surface area (Å²) in [5.74, 6) is -0.383. The molecule has 0 saturated heterocycles. The summed E-state index contributed by atoms with van der Waals surface area (Å²) in [4.78, 5) is 0. The summed E-state index contributed by atoms with van der Waals surface area (Å²) in [5.41, 5.74) is 1.61. The molecule has 70 valence electrons. The highest BCUT2D eigenvalue weighted by Gasteiger charge is 2.22. The molecule has 2 rings (SSSR count). The van der Waals surface area contributed by atoms with E-state index in [0.29, 0.717) is 10.6 Å². The first-order chi connectivity index (χ1) is 6.74. The minimum Gasteiger partial charge on any atom is -0.492 e. The molecule has 1 heterocycles. The van der Waals surface area contributed by atoms with Gasteiger partial charge in [0.1, 0.15) is 11.6 Å². The van der Waals surface area contributed by atoms with Crippen LogP contribution in [0.4, 0.5) is 0 Å². The van der Waals surface area contributed by atoms with Crippen LogP contribution in [0.1, 0.15) is 11.1 Å². The molecule has 0 aromatic heterocycles. The zero-order valence-electron chi connectivity index (χ0n) is 7.31. The Hall–Kier alpha value is -1.99. The minimum absolute atomic E-state index is 0.106. The van der Waals surface area contributed by atoms with E-state index in [1.54, 1.807) is 12.1 Å². The zero-order valence-corrected chi connectivity index (χ0v) is 7.31. The minimum atomic E-state index is -0.383. The van der Waals surface area contributed by atoms with E-state index in [1.165, 1.54) is 0 Å². The molecule has 0 spiro atoms. The maximum atomic E-state index is 9.42. The van der Waals surface area contributed by atoms with Gasteiger partial charge in [0.25, 0.3) is 0 Å². The van der Waals surface area contributed by atoms with Gasteiger partial charge in [-0.1, -0.05) is 24.3 Å². The third kappa shape index (κ3) is 1.11. The van der Waals surface area contributed by atoms with Crippen molar-refractivity contribution in [3.05, 3.63) is 41.3 Å². The van der Waals surface area contributed by atoms with Gasteiger partial charge in [-0.15, -0.1) is 0 Å². The van der Waals surface area contributed by atoms with E-state index in [9.17, 15) is 10.3 Å². The van der Waals surface area contributed by atoms with Crippen LogP contribution in [-0.2, 0) is 6.54 Å². The van der Waals surface area contributed by atoms with Crippen molar-refractivity contribution in [1.82, 2.24) is 5.06 Å². The predicted octanol–water partition coefficient (Wildman–Crippen LogP) is 1.64. The summed E-state index contributed by atoms with van der Waals surface area (Å²) in [5, 5.41) is 28.2. The molecular weight excluding hydrogens is 180 g/mol. The third-order valence-electron chi connectivity index (χ3n) is 2.19. The zero-order chi connectivity index (χ0) is 10.1. The van der Waals surface area contributed by atoms with Crippen LogP contribution in [0.3, 0.4) is 0 Å². The van der Waals surface area contributed by atoms with Crippen LogP contribution in [-0.4, -0.2) is 15.4 Å². The molecule has 4 nitrogen and oxygen atoms in total. The van der Waals surface area contributed by atoms with Gasteiger partial charge in [0.2, 0.25) is 5.88 Å². The average molecular weight is 188 g/mol. The summed E-state index contributed by atoms with van der Waals surface area (Å²) in [6.07, 6.45) is 0. The molecule has 0 bridgehead atoms. The summed E-state index contributed by atoms with van der Waals surface area (Å²) < 4.78 is 0. The van der Waals surface area contributed by atoms with Crippen LogP contribution >= 0.6 is 0 Å². The molecule has 0 amide bonds. The number of nitrogens with zero attached hydrogens (tertiary/aromatic N) is 2. The number of aliphatic hydroxyl groups excluding tert-OH is 1. The lowest BCUT2D eigenvalue weighted by Gasteiger charge is -2.23. The van der Waals surface area contributed by atoms with Crippen molar-refractivity contribution in [2.75, 3.05) is 0 Å². The lowest BCUT2D eigenvalue weighted by molar-refractivity contribution is -0.101. The number of fused-ring (bicyclic) bond motifs is 1. The van der Waals surface area contributed by atoms with Gasteiger partial charge in [-0.2, -0.15) is 5.26 Å². The van der Waals surface area contributed by atoms with Crippen LogP contribution in [0.2, 0.25) is 0 Å². The Morgan fingerprint density at radius 1 is 1.36 bits per heavy atom. The van der Waals surface area contributed by atoms with E-state index < -0.39 is 0 Å². The quantitative estimate of drug-likeness (QED) is 0.649. The highest BCUT2D eigenvalue weighted by Crippen LogP contribution is 2.28. The van der Waals surface area contributed by atoms with Gasteiger partial charge in [-0.25, -0.2) is 5.06 Å². The molecule has 0 radical (unpaired) electrons. The van der Waals surface area contributed by atoms with Crippen LogP contribution in [0, 0.1) is 11.3 Å². The smallest absolute Gasteiger partial charge is 0.230 e. The molecule has 0 fully saturated rings. The van der Waals surface area contributed by atoms with Crippen molar-refractivity contribution in [1.29, 1.82) is 5.26 Å². The Balaban J connectivity index is 2.65. The van der Waals surface area contributed by atoms with E-state index in [2.05, 4.69) is 0 Å². The molecule has 4 heteroatoms. The average Bonchev–Trinajstić information content (AvgIpc) is 2.20. The van der Waals surface area contributed by atoms with Crippen LogP contribution < -0.4 is 0 Å². The van der Waals surface area contributed by atoms with Gasteiger partial charge in [0.15, 0.2) is 0 Å². The van der Waals surface area contributed by atoms with Crippen molar-refractivity contribution in [2.24, 2.45) is 0 Å². The Morgan fingerprint density at radius 2 is 2.07 bits per heavy atom. The van der Waals surface area contributed by atoms with Crippen molar-refractivity contribution in [3.8, 4) is 6.07 Å². The lowest BCUT2D eigenvalue weighted by Crippen LogP contribution is -2.23. The maximum Gasteiger partial charge on any atom is 0.230 e. The molecule has 0 aliphatic carbocycles. The second-order valence-electron chi connectivity index (χ2n) is 3.03. The largest absolute Gasteiger partial charge is 0.492 e. The second-order valence-corrected chi connectivity index (χ2v) is 3.03. The molecule has 0 unspecified atom stereocenters. The highest BCUT2D eigenvalue weighted by molar-refractivity contribution is 5.80. The van der Waals surface area contributed by atoms with E-state index in [1.807, 2.05) is 18.2 Å². The fourth-order valence-electron chi connectivity index (χ4n) is 1.50. The molecule has 14 heavy (non-hydrogen) atoms. The first-order valence-corrected chi connectivity index (χ1v) is 4.12. The van der Waals surface area contributed by atoms with Crippen molar-refractivity contribution >= 4 is 5.57 Å². The van der Waals surface area contributed by atoms with Gasteiger partial charge < -0.3 is 5.11 Å². The number of nitriles is 1. The number of benzene rings is 1. The Labute approximate surface area is 80.9 Å². The van der Waals surface area contributed by atoms with Gasteiger partial charge >= 0.3 is 0 Å². The number of aliphatic hydroxyl groups is 1. The molecule has 1 aliphatic rings. The molecular formula is C10H8N2O2. The summed E-state index contributed by atoms with van der Waals surface area (Å²) in [6, 6.07) is 9.03. The number of hydrogen-bond acceptors (Lipinski definition) is 4. The van der Waals surface area contributed by atoms with Gasteiger partial charge in [0.05, 0.1) is 6.54 Å². The fourth-order valence-corrected chi connectivity index (χ4v) is 1.50. The summed E-state index contributed by atoms with van der Waals surface area (Å²) >= 11 is 0. The molecule has 1 aromatic carbocycles. The normalized spacial score (nSPS) is 15.0. The Kier molecular flexibility index (Phi) is 1.88. The molecule has 2 N–H and O–H groups in total. The van der Waals surface area contributed by atoms with Crippen LogP contribution in [0.15, 0.2) is 30.1 Å². The standard InChI is InChI=1S/C10H8N2O2/c11-5-9-8-4-2-1-3-7(8)6-12(14)10(9)13/h1-4,13-14H,6H2. The van der Waals surface area contributed by atoms with Crippen molar-refractivity contribution < 1.29 is 10.3 Å². The molecule has 1 aromatic rings. The van der Waals surface area contributed by atoms with Crippen LogP contribution in [0.25, 0.3) is 5.57 Å². The Morgan fingerprint density at radius 3 is 2.79 bits per heavy atom. The van der Waals surface area contributed by atoms with E-state index in [4.69, 9.17) is 5.26 Å². The second kappa shape index (κ2) is 3.05. The van der Waals surface area contributed by atoms with Gasteiger partial charge in [0, 0.05) is 5.56 Å². The van der Waals surface area contributed by atoms with Gasteiger partial charge in [-0.05, 0) is 5.56 Å². The predicted molar refractivity (Wildman–Crippen MR) is 48.9 cm³/mol. The number of hydrogen-bond donors (Lipinski definition) is 2. The van der Waals surface area contributed by atoms with E-state index >= 15 is 0 Å². The van der Waals surface area contributed by atoms with Crippen molar-refractivity contribution in [3.63, 3.8) is 0 Å². The molecule has 0 atom stereocenters. The SMILES string of the molecule is N#CC1=C(O)N(O)Cc2ccccc21. The first kappa shape index (κ1) is 8.60. The monoisotopic (exact) mass is 188 g/mol. The summed E-state index contributed by atoms with van der Waals surface area (Å²) in [7, 11) is 0. The Bertz CT molecular complexity index is 446. The lowest BCUT2D eigenvalue weighted by atomic mass is 9.98. The molecule has 1 aliphatic heterocycles. The highest BCUT2D eigenvalue weighted by atomic mass is 16.5. The van der Waals surface area contributed by atoms with Gasteiger partial charge in [-0.3, -0.25) is 5.21 Å². The van der Waals surface area contributed by atoms with E-state index in [0.717, 1.165) is 5.56 Å². The van der Waals surface area contributed by atoms with Crippen LogP contribution in [0.5, 0.6) is 0 Å². The first-order valence-electron chi connectivity index (χ1n) is 4.12. The number of rotatable bonds is 0. The fraction of sp³-hybridized carbons (Fsp3) is 0.100. The summed E-state index contributed by atoms with van der Waals surface area (Å²) in [6.45, 7) is 0.202.